The smallest absolute Gasteiger partial charge is 0.119 e. The molecule has 0 spiro atoms. The first kappa shape index (κ1) is 15.7. The molecule has 0 unspecified atom stereocenters. The Kier molecular flexibility index (Phi) is 3.89. The average Bonchev–Trinajstić information content (AvgIpc) is 2.67. The molecule has 4 rings (SSSR count). The van der Waals surface area contributed by atoms with Gasteiger partial charge in [0.2, 0.25) is 0 Å². The molecular weight excluding hydrogens is 308 g/mol. The summed E-state index contributed by atoms with van der Waals surface area (Å²) in [4.78, 5) is 0. The molecule has 3 nitrogen and oxygen atoms in total. The van der Waals surface area contributed by atoms with Gasteiger partial charge in [-0.2, -0.15) is 5.26 Å². The lowest BCUT2D eigenvalue weighted by atomic mass is 9.64. The number of fused-ring (bicyclic) bond motifs is 3. The summed E-state index contributed by atoms with van der Waals surface area (Å²) in [6.45, 7) is 0. The standard InChI is InChI=1S/C22H20N2O/c1-25-16-8-10-17-15(11-16)7-9-18-19(14-5-3-2-4-6-14)12-21(24)20(13-23)22(17)18/h2-6,8,10-11,18-19,24H,7,9,12H2,1H3/t18-,19+/m0/s1. The third kappa shape index (κ3) is 2.55. The van der Waals surface area contributed by atoms with Crippen molar-refractivity contribution in [1.29, 1.82) is 10.7 Å². The fourth-order valence-corrected chi connectivity index (χ4v) is 4.35. The SMILES string of the molecule is COc1ccc2c(c1)CC[C@@H]1C2=C(C#N)C(=N)C[C@@H]1c1ccccc1. The van der Waals surface area contributed by atoms with Gasteiger partial charge < -0.3 is 10.1 Å². The molecule has 1 N–H and O–H groups in total. The van der Waals surface area contributed by atoms with Gasteiger partial charge >= 0.3 is 0 Å². The quantitative estimate of drug-likeness (QED) is 0.865. The van der Waals surface area contributed by atoms with Crippen molar-refractivity contribution in [1.82, 2.24) is 0 Å². The van der Waals surface area contributed by atoms with Gasteiger partial charge in [-0.15, -0.1) is 0 Å². The first-order valence-corrected chi connectivity index (χ1v) is 8.67. The van der Waals surface area contributed by atoms with E-state index in [1.54, 1.807) is 7.11 Å². The van der Waals surface area contributed by atoms with Gasteiger partial charge in [0.15, 0.2) is 0 Å². The number of allylic oxidation sites excluding steroid dienone is 2. The number of methoxy groups -OCH3 is 1. The normalized spacial score (nSPS) is 22.0. The topological polar surface area (TPSA) is 56.9 Å². The van der Waals surface area contributed by atoms with Gasteiger partial charge in [-0.05, 0) is 65.5 Å². The fraction of sp³-hybridized carbons (Fsp3) is 0.273. The highest BCUT2D eigenvalue weighted by Gasteiger charge is 2.38. The van der Waals surface area contributed by atoms with Crippen molar-refractivity contribution in [3.05, 3.63) is 70.8 Å². The molecule has 3 heteroatoms. The summed E-state index contributed by atoms with van der Waals surface area (Å²) in [7, 11) is 1.68. The Morgan fingerprint density at radius 1 is 1.12 bits per heavy atom. The van der Waals surface area contributed by atoms with E-state index in [2.05, 4.69) is 42.5 Å². The highest BCUT2D eigenvalue weighted by Crippen LogP contribution is 2.50. The van der Waals surface area contributed by atoms with Gasteiger partial charge in [0.1, 0.15) is 11.8 Å². The average molecular weight is 328 g/mol. The van der Waals surface area contributed by atoms with Crippen LogP contribution in [0.25, 0.3) is 5.57 Å². The molecular formula is C22H20N2O. The summed E-state index contributed by atoms with van der Waals surface area (Å²) in [6.07, 6.45) is 2.64. The number of ether oxygens (including phenoxy) is 1. The third-order valence-electron chi connectivity index (χ3n) is 5.52. The first-order valence-electron chi connectivity index (χ1n) is 8.67. The van der Waals surface area contributed by atoms with E-state index in [0.29, 0.717) is 23.6 Å². The minimum absolute atomic E-state index is 0.274. The van der Waals surface area contributed by atoms with Crippen molar-refractivity contribution < 1.29 is 4.74 Å². The molecule has 2 aliphatic carbocycles. The third-order valence-corrected chi connectivity index (χ3v) is 5.52. The predicted molar refractivity (Wildman–Crippen MR) is 98.9 cm³/mol. The van der Waals surface area contributed by atoms with E-state index in [1.807, 2.05) is 12.1 Å². The van der Waals surface area contributed by atoms with Gasteiger partial charge in [-0.25, -0.2) is 0 Å². The molecule has 2 aromatic rings. The lowest BCUT2D eigenvalue weighted by Crippen LogP contribution is -2.29. The van der Waals surface area contributed by atoms with E-state index in [1.165, 1.54) is 11.1 Å². The van der Waals surface area contributed by atoms with Gasteiger partial charge in [0.05, 0.1) is 18.4 Å². The Bertz CT molecular complexity index is 905. The largest absolute Gasteiger partial charge is 0.497 e. The summed E-state index contributed by atoms with van der Waals surface area (Å²) in [5.41, 5.74) is 5.72. The number of hydrogen-bond acceptors (Lipinski definition) is 3. The molecule has 0 heterocycles. The molecule has 0 fully saturated rings. The number of aryl methyl sites for hydroxylation is 1. The molecule has 0 bridgehead atoms. The molecule has 2 aliphatic rings. The van der Waals surface area contributed by atoms with Gasteiger partial charge in [0.25, 0.3) is 0 Å². The molecule has 0 saturated heterocycles. The highest BCUT2D eigenvalue weighted by atomic mass is 16.5. The maximum Gasteiger partial charge on any atom is 0.119 e. The van der Waals surface area contributed by atoms with E-state index in [4.69, 9.17) is 10.1 Å². The van der Waals surface area contributed by atoms with Crippen LogP contribution in [0.1, 0.15) is 35.4 Å². The Balaban J connectivity index is 1.88. The van der Waals surface area contributed by atoms with Crippen molar-refractivity contribution in [2.75, 3.05) is 7.11 Å². The van der Waals surface area contributed by atoms with E-state index < -0.39 is 0 Å². The lowest BCUT2D eigenvalue weighted by Gasteiger charge is -2.38. The van der Waals surface area contributed by atoms with Crippen LogP contribution in [0.15, 0.2) is 54.1 Å². The Morgan fingerprint density at radius 3 is 2.64 bits per heavy atom. The summed E-state index contributed by atoms with van der Waals surface area (Å²) in [5.74, 6) is 1.42. The van der Waals surface area contributed by atoms with Crippen LogP contribution < -0.4 is 4.74 Å². The second kappa shape index (κ2) is 6.22. The minimum Gasteiger partial charge on any atom is -0.497 e. The monoisotopic (exact) mass is 328 g/mol. The van der Waals surface area contributed by atoms with E-state index >= 15 is 0 Å². The van der Waals surface area contributed by atoms with Crippen molar-refractivity contribution >= 4 is 11.3 Å². The first-order chi connectivity index (χ1) is 12.2. The number of nitriles is 1. The van der Waals surface area contributed by atoms with Gasteiger partial charge in [0, 0.05) is 0 Å². The second-order valence-electron chi connectivity index (χ2n) is 6.77. The summed E-state index contributed by atoms with van der Waals surface area (Å²) in [6, 6.07) is 18.9. The number of nitrogens with zero attached hydrogens (tertiary/aromatic N) is 1. The lowest BCUT2D eigenvalue weighted by molar-refractivity contribution is 0.413. The van der Waals surface area contributed by atoms with Gasteiger partial charge in [-0.3, -0.25) is 0 Å². The molecule has 0 amide bonds. The Labute approximate surface area is 148 Å². The Morgan fingerprint density at radius 2 is 1.92 bits per heavy atom. The summed E-state index contributed by atoms with van der Waals surface area (Å²) < 4.78 is 5.36. The van der Waals surface area contributed by atoms with Crippen LogP contribution in [0.5, 0.6) is 5.75 Å². The fourth-order valence-electron chi connectivity index (χ4n) is 4.35. The second-order valence-corrected chi connectivity index (χ2v) is 6.77. The van der Waals surface area contributed by atoms with Crippen LogP contribution in [-0.4, -0.2) is 12.8 Å². The van der Waals surface area contributed by atoms with Crippen LogP contribution >= 0.6 is 0 Å². The van der Waals surface area contributed by atoms with Gasteiger partial charge in [-0.1, -0.05) is 36.4 Å². The zero-order valence-corrected chi connectivity index (χ0v) is 14.3. The van der Waals surface area contributed by atoms with Crippen molar-refractivity contribution in [3.8, 4) is 11.8 Å². The molecule has 0 aliphatic heterocycles. The summed E-state index contributed by atoms with van der Waals surface area (Å²) in [5, 5.41) is 18.2. The van der Waals surface area contributed by atoms with Crippen LogP contribution in [0, 0.1) is 22.7 Å². The zero-order chi connectivity index (χ0) is 17.4. The molecule has 124 valence electrons. The maximum absolute atomic E-state index is 9.71. The molecule has 2 atom stereocenters. The molecule has 0 radical (unpaired) electrons. The van der Waals surface area contributed by atoms with Crippen LogP contribution in [0.2, 0.25) is 0 Å². The predicted octanol–water partition coefficient (Wildman–Crippen LogP) is 4.74. The number of rotatable bonds is 2. The Hall–Kier alpha value is -2.86. The number of hydrogen-bond donors (Lipinski definition) is 1. The van der Waals surface area contributed by atoms with Crippen LogP contribution in [0.3, 0.4) is 0 Å². The number of benzene rings is 2. The number of nitrogens with one attached hydrogen (secondary N) is 1. The van der Waals surface area contributed by atoms with Crippen molar-refractivity contribution in [3.63, 3.8) is 0 Å². The van der Waals surface area contributed by atoms with E-state index in [-0.39, 0.29) is 5.92 Å². The highest BCUT2D eigenvalue weighted by molar-refractivity contribution is 6.10. The van der Waals surface area contributed by atoms with Crippen LogP contribution in [-0.2, 0) is 6.42 Å². The van der Waals surface area contributed by atoms with Crippen molar-refractivity contribution in [2.45, 2.75) is 25.2 Å². The van der Waals surface area contributed by atoms with E-state index in [0.717, 1.165) is 29.7 Å². The van der Waals surface area contributed by atoms with Crippen molar-refractivity contribution in [2.24, 2.45) is 5.92 Å². The maximum atomic E-state index is 9.71. The molecule has 2 aromatic carbocycles. The summed E-state index contributed by atoms with van der Waals surface area (Å²) >= 11 is 0. The molecule has 0 saturated carbocycles. The minimum atomic E-state index is 0.274. The van der Waals surface area contributed by atoms with E-state index in [9.17, 15) is 5.26 Å². The molecule has 25 heavy (non-hydrogen) atoms. The van der Waals surface area contributed by atoms with Crippen LogP contribution in [0.4, 0.5) is 0 Å². The molecule has 0 aromatic heterocycles. The zero-order valence-electron chi connectivity index (χ0n) is 14.3.